The Morgan fingerprint density at radius 3 is 1.40 bits per heavy atom. The van der Waals surface area contributed by atoms with Gasteiger partial charge in [-0.25, -0.2) is 4.98 Å². The molecule has 210 valence electrons. The van der Waals surface area contributed by atoms with Crippen LogP contribution in [0.15, 0.2) is 66.7 Å². The lowest BCUT2D eigenvalue weighted by Crippen LogP contribution is -2.49. The normalized spacial score (nSPS) is 15.7. The number of para-hydroxylation sites is 4. The van der Waals surface area contributed by atoms with Crippen molar-refractivity contribution in [2.24, 2.45) is 0 Å². The first-order valence-electron chi connectivity index (χ1n) is 14.1. The van der Waals surface area contributed by atoms with E-state index in [0.717, 1.165) is 22.9 Å². The van der Waals surface area contributed by atoms with Gasteiger partial charge in [-0.15, -0.1) is 0 Å². The molecule has 5 rings (SSSR count). The number of pyridine rings is 1. The molecule has 0 radical (unpaired) electrons. The molecule has 9 nitrogen and oxygen atoms in total. The number of benzene rings is 2. The van der Waals surface area contributed by atoms with Gasteiger partial charge >= 0.3 is 0 Å². The highest BCUT2D eigenvalue weighted by Gasteiger charge is 2.27. The van der Waals surface area contributed by atoms with E-state index in [1.54, 1.807) is 18.2 Å². The molecule has 0 N–H and O–H groups in total. The minimum Gasteiger partial charge on any atom is -0.492 e. The number of piperazine rings is 2. The lowest BCUT2D eigenvalue weighted by atomic mass is 10.2. The van der Waals surface area contributed by atoms with E-state index in [9.17, 15) is 9.59 Å². The summed E-state index contributed by atoms with van der Waals surface area (Å²) in [6.45, 7) is 10.3. The van der Waals surface area contributed by atoms with E-state index in [0.29, 0.717) is 77.0 Å². The Balaban J connectivity index is 1.19. The molecule has 9 heteroatoms. The Morgan fingerprint density at radius 1 is 0.600 bits per heavy atom. The maximum atomic E-state index is 13.3. The number of carbonyl (C=O) groups excluding carboxylic acids is 2. The van der Waals surface area contributed by atoms with Crippen LogP contribution >= 0.6 is 0 Å². The van der Waals surface area contributed by atoms with Gasteiger partial charge in [0.25, 0.3) is 11.8 Å². The van der Waals surface area contributed by atoms with Crippen molar-refractivity contribution >= 4 is 23.2 Å². The fraction of sp³-hybridized carbons (Fsp3) is 0.387. The molecule has 3 heterocycles. The third-order valence-corrected chi connectivity index (χ3v) is 7.33. The van der Waals surface area contributed by atoms with Crippen LogP contribution in [0.25, 0.3) is 0 Å². The number of hydrogen-bond donors (Lipinski definition) is 0. The Kier molecular flexibility index (Phi) is 8.68. The molecule has 0 unspecified atom stereocenters. The van der Waals surface area contributed by atoms with E-state index in [4.69, 9.17) is 9.47 Å². The number of aromatic nitrogens is 1. The molecule has 3 aromatic rings. The molecule has 2 amide bonds. The summed E-state index contributed by atoms with van der Waals surface area (Å²) in [5.41, 5.74) is 2.70. The summed E-state index contributed by atoms with van der Waals surface area (Å²) in [5.74, 6) is 1.42. The highest BCUT2D eigenvalue weighted by molar-refractivity contribution is 5.96. The first-order valence-corrected chi connectivity index (χ1v) is 14.1. The van der Waals surface area contributed by atoms with Crippen LogP contribution in [-0.4, -0.2) is 92.2 Å². The van der Waals surface area contributed by atoms with Crippen LogP contribution in [0.2, 0.25) is 0 Å². The fourth-order valence-corrected chi connectivity index (χ4v) is 5.29. The average Bonchev–Trinajstić information content (AvgIpc) is 3.01. The van der Waals surface area contributed by atoms with Crippen LogP contribution in [0.1, 0.15) is 34.8 Å². The average molecular weight is 544 g/mol. The molecular formula is C31H37N5O4. The topological polar surface area (TPSA) is 78.5 Å². The second kappa shape index (κ2) is 12.7. The summed E-state index contributed by atoms with van der Waals surface area (Å²) in [5, 5.41) is 0. The smallest absolute Gasteiger partial charge is 0.272 e. The molecule has 2 saturated heterocycles. The fourth-order valence-electron chi connectivity index (χ4n) is 5.29. The molecule has 2 aliphatic rings. The summed E-state index contributed by atoms with van der Waals surface area (Å²) in [7, 11) is 0. The zero-order valence-electron chi connectivity index (χ0n) is 23.3. The van der Waals surface area contributed by atoms with Crippen LogP contribution in [0.3, 0.4) is 0 Å². The van der Waals surface area contributed by atoms with Gasteiger partial charge in [0.05, 0.1) is 24.6 Å². The second-order valence-corrected chi connectivity index (χ2v) is 9.77. The second-order valence-electron chi connectivity index (χ2n) is 9.77. The maximum Gasteiger partial charge on any atom is 0.272 e. The predicted octanol–water partition coefficient (Wildman–Crippen LogP) is 3.80. The predicted molar refractivity (Wildman–Crippen MR) is 156 cm³/mol. The van der Waals surface area contributed by atoms with Crippen molar-refractivity contribution < 1.29 is 19.1 Å². The Morgan fingerprint density at radius 2 is 1.00 bits per heavy atom. The summed E-state index contributed by atoms with van der Waals surface area (Å²) in [6, 6.07) is 21.1. The Hall–Kier alpha value is -4.27. The number of anilines is 2. The first kappa shape index (κ1) is 27.3. The van der Waals surface area contributed by atoms with Gasteiger partial charge in [0.2, 0.25) is 0 Å². The van der Waals surface area contributed by atoms with Gasteiger partial charge in [-0.05, 0) is 50.2 Å². The number of nitrogens with zero attached hydrogens (tertiary/aromatic N) is 5. The number of carbonyl (C=O) groups is 2. The minimum atomic E-state index is -0.148. The van der Waals surface area contributed by atoms with Gasteiger partial charge in [0.15, 0.2) is 0 Å². The van der Waals surface area contributed by atoms with E-state index in [1.165, 1.54) is 0 Å². The summed E-state index contributed by atoms with van der Waals surface area (Å²) in [4.78, 5) is 39.3. The van der Waals surface area contributed by atoms with E-state index in [2.05, 4.69) is 26.9 Å². The zero-order valence-corrected chi connectivity index (χ0v) is 23.3. The third kappa shape index (κ3) is 5.98. The summed E-state index contributed by atoms with van der Waals surface area (Å²) in [6.07, 6.45) is 0. The van der Waals surface area contributed by atoms with E-state index < -0.39 is 0 Å². The quantitative estimate of drug-likeness (QED) is 0.428. The summed E-state index contributed by atoms with van der Waals surface area (Å²) >= 11 is 0. The number of ether oxygens (including phenoxy) is 2. The third-order valence-electron chi connectivity index (χ3n) is 7.33. The van der Waals surface area contributed by atoms with Crippen LogP contribution in [0.5, 0.6) is 11.5 Å². The van der Waals surface area contributed by atoms with Crippen LogP contribution < -0.4 is 19.3 Å². The van der Waals surface area contributed by atoms with Crippen LogP contribution in [0.4, 0.5) is 11.4 Å². The molecular weight excluding hydrogens is 506 g/mol. The van der Waals surface area contributed by atoms with E-state index in [1.807, 2.05) is 60.0 Å². The van der Waals surface area contributed by atoms with Crippen molar-refractivity contribution in [2.75, 3.05) is 75.4 Å². The van der Waals surface area contributed by atoms with Crippen molar-refractivity contribution in [3.63, 3.8) is 0 Å². The molecule has 0 atom stereocenters. The Bertz CT molecular complexity index is 1220. The first-order chi connectivity index (χ1) is 19.6. The summed E-state index contributed by atoms with van der Waals surface area (Å²) < 4.78 is 11.6. The highest BCUT2D eigenvalue weighted by atomic mass is 16.5. The molecule has 0 saturated carbocycles. The van der Waals surface area contributed by atoms with Crippen molar-refractivity contribution in [2.45, 2.75) is 13.8 Å². The van der Waals surface area contributed by atoms with Crippen molar-refractivity contribution in [1.29, 1.82) is 0 Å². The van der Waals surface area contributed by atoms with Gasteiger partial charge in [-0.1, -0.05) is 30.3 Å². The number of rotatable bonds is 8. The van der Waals surface area contributed by atoms with Gasteiger partial charge < -0.3 is 29.1 Å². The van der Waals surface area contributed by atoms with Gasteiger partial charge in [0.1, 0.15) is 22.9 Å². The maximum absolute atomic E-state index is 13.3. The zero-order chi connectivity index (χ0) is 27.9. The van der Waals surface area contributed by atoms with Crippen molar-refractivity contribution in [3.05, 3.63) is 78.1 Å². The number of hydrogen-bond acceptors (Lipinski definition) is 7. The van der Waals surface area contributed by atoms with Gasteiger partial charge in [-0.3, -0.25) is 9.59 Å². The Labute approximate surface area is 235 Å². The molecule has 2 aromatic carbocycles. The standard InChI is InChI=1S/C31H37N5O4/c1-3-39-28-14-7-5-12-26(28)33-16-20-35(21-17-33)30(37)24-10-9-11-25(32-24)31(38)36-22-18-34(19-23-36)27-13-6-8-15-29(27)40-4-2/h5-15H,3-4,16-23H2,1-2H3. The molecule has 0 bridgehead atoms. The SMILES string of the molecule is CCOc1ccccc1N1CCN(C(=O)c2cccc(C(=O)N3CCN(c4ccccc4OCC)CC3)n2)CC1. The molecule has 0 spiro atoms. The van der Waals surface area contributed by atoms with Crippen molar-refractivity contribution in [1.82, 2.24) is 14.8 Å². The largest absolute Gasteiger partial charge is 0.492 e. The van der Waals surface area contributed by atoms with E-state index in [-0.39, 0.29) is 11.8 Å². The van der Waals surface area contributed by atoms with Gasteiger partial charge in [0, 0.05) is 52.4 Å². The number of amides is 2. The van der Waals surface area contributed by atoms with Gasteiger partial charge in [-0.2, -0.15) is 0 Å². The lowest BCUT2D eigenvalue weighted by molar-refractivity contribution is 0.0733. The minimum absolute atomic E-state index is 0.148. The van der Waals surface area contributed by atoms with Crippen molar-refractivity contribution in [3.8, 4) is 11.5 Å². The molecule has 2 fully saturated rings. The molecule has 0 aliphatic carbocycles. The monoisotopic (exact) mass is 543 g/mol. The van der Waals surface area contributed by atoms with E-state index >= 15 is 0 Å². The highest BCUT2D eigenvalue weighted by Crippen LogP contribution is 2.30. The molecule has 40 heavy (non-hydrogen) atoms. The molecule has 2 aliphatic heterocycles. The van der Waals surface area contributed by atoms with Crippen LogP contribution in [0, 0.1) is 0 Å². The van der Waals surface area contributed by atoms with Crippen LogP contribution in [-0.2, 0) is 0 Å². The lowest BCUT2D eigenvalue weighted by Gasteiger charge is -2.37. The molecule has 1 aromatic heterocycles.